The van der Waals surface area contributed by atoms with E-state index >= 15 is 0 Å². The zero-order chi connectivity index (χ0) is 11.4. The van der Waals surface area contributed by atoms with E-state index in [0.29, 0.717) is 6.04 Å². The summed E-state index contributed by atoms with van der Waals surface area (Å²) in [6.45, 7) is 5.41. The van der Waals surface area contributed by atoms with Gasteiger partial charge in [-0.3, -0.25) is 0 Å². The van der Waals surface area contributed by atoms with Gasteiger partial charge in [0.05, 0.1) is 0 Å². The van der Waals surface area contributed by atoms with Crippen LogP contribution < -0.4 is 5.32 Å². The summed E-state index contributed by atoms with van der Waals surface area (Å²) in [6, 6.07) is 9.43. The van der Waals surface area contributed by atoms with Crippen molar-refractivity contribution < 1.29 is 0 Å². The second-order valence-corrected chi connectivity index (χ2v) is 5.70. The summed E-state index contributed by atoms with van der Waals surface area (Å²) in [5.74, 6) is 2.30. The van der Waals surface area contributed by atoms with Gasteiger partial charge in [0.15, 0.2) is 0 Å². The first-order valence-electron chi connectivity index (χ1n) is 6.25. The largest absolute Gasteiger partial charge is 0.310 e. The summed E-state index contributed by atoms with van der Waals surface area (Å²) in [6.07, 6.45) is 2.89. The van der Waals surface area contributed by atoms with Crippen molar-refractivity contribution in [2.45, 2.75) is 37.6 Å². The molecule has 0 spiro atoms. The van der Waals surface area contributed by atoms with Gasteiger partial charge in [0.1, 0.15) is 0 Å². The molecule has 1 aliphatic carbocycles. The highest BCUT2D eigenvalue weighted by molar-refractivity contribution is 7.99. The van der Waals surface area contributed by atoms with Crippen LogP contribution in [0.15, 0.2) is 29.2 Å². The third kappa shape index (κ3) is 3.53. The molecule has 1 aromatic rings. The second kappa shape index (κ2) is 5.74. The fourth-order valence-corrected chi connectivity index (χ4v) is 2.95. The van der Waals surface area contributed by atoms with E-state index in [4.69, 9.17) is 0 Å². The Kier molecular flexibility index (Phi) is 4.30. The zero-order valence-corrected chi connectivity index (χ0v) is 11.0. The van der Waals surface area contributed by atoms with Crippen LogP contribution >= 0.6 is 11.8 Å². The van der Waals surface area contributed by atoms with E-state index in [1.165, 1.54) is 29.1 Å². The minimum absolute atomic E-state index is 0.464. The van der Waals surface area contributed by atoms with Crippen molar-refractivity contribution in [3.05, 3.63) is 29.8 Å². The molecule has 1 nitrogen and oxygen atoms in total. The topological polar surface area (TPSA) is 12.0 Å². The van der Waals surface area contributed by atoms with Crippen molar-refractivity contribution in [1.82, 2.24) is 5.32 Å². The molecule has 0 bridgehead atoms. The van der Waals surface area contributed by atoms with E-state index in [9.17, 15) is 0 Å². The van der Waals surface area contributed by atoms with Gasteiger partial charge >= 0.3 is 0 Å². The van der Waals surface area contributed by atoms with E-state index in [-0.39, 0.29) is 0 Å². The Hall–Kier alpha value is -0.470. The number of nitrogens with one attached hydrogen (secondary N) is 1. The molecular weight excluding hydrogens is 214 g/mol. The fourth-order valence-electron chi connectivity index (χ4n) is 1.80. The molecule has 0 heterocycles. The van der Waals surface area contributed by atoms with Crippen LogP contribution in [0.3, 0.4) is 0 Å². The van der Waals surface area contributed by atoms with Crippen LogP contribution in [0.25, 0.3) is 0 Å². The highest BCUT2D eigenvalue weighted by Gasteiger charge is 2.21. The van der Waals surface area contributed by atoms with Gasteiger partial charge in [-0.15, -0.1) is 11.8 Å². The van der Waals surface area contributed by atoms with Crippen LogP contribution in [0.5, 0.6) is 0 Å². The first-order chi connectivity index (χ1) is 7.79. The Morgan fingerprint density at radius 2 is 2.25 bits per heavy atom. The molecule has 1 unspecified atom stereocenters. The van der Waals surface area contributed by atoms with Crippen molar-refractivity contribution >= 4 is 11.8 Å². The van der Waals surface area contributed by atoms with E-state index in [1.807, 2.05) is 11.8 Å². The summed E-state index contributed by atoms with van der Waals surface area (Å²) < 4.78 is 0. The highest BCUT2D eigenvalue weighted by Crippen LogP contribution is 2.35. The second-order valence-electron chi connectivity index (χ2n) is 4.61. The molecule has 1 atom stereocenters. The Morgan fingerprint density at radius 1 is 1.44 bits per heavy atom. The summed E-state index contributed by atoms with van der Waals surface area (Å²) in [4.78, 5) is 1.43. The average molecular weight is 235 g/mol. The van der Waals surface area contributed by atoms with Gasteiger partial charge in [-0.05, 0) is 49.9 Å². The third-order valence-corrected chi connectivity index (χ3v) is 4.28. The molecule has 16 heavy (non-hydrogen) atoms. The SMILES string of the molecule is CCNC(C)c1cccc(SCC2CC2)c1. The minimum atomic E-state index is 0.464. The number of benzene rings is 1. The van der Waals surface area contributed by atoms with E-state index < -0.39 is 0 Å². The smallest absolute Gasteiger partial charge is 0.0292 e. The minimum Gasteiger partial charge on any atom is -0.310 e. The van der Waals surface area contributed by atoms with Gasteiger partial charge < -0.3 is 5.32 Å². The number of hydrogen-bond donors (Lipinski definition) is 1. The Balaban J connectivity index is 1.94. The molecule has 88 valence electrons. The van der Waals surface area contributed by atoms with Gasteiger partial charge in [-0.1, -0.05) is 19.1 Å². The monoisotopic (exact) mass is 235 g/mol. The molecule has 0 amide bonds. The molecule has 1 N–H and O–H groups in total. The van der Waals surface area contributed by atoms with Crippen LogP contribution in [-0.4, -0.2) is 12.3 Å². The maximum atomic E-state index is 3.46. The van der Waals surface area contributed by atoms with Crippen LogP contribution in [0, 0.1) is 5.92 Å². The Labute approximate surface area is 103 Å². The summed E-state index contributed by atoms with van der Waals surface area (Å²) >= 11 is 2.01. The maximum absolute atomic E-state index is 3.46. The van der Waals surface area contributed by atoms with Gasteiger partial charge in [-0.25, -0.2) is 0 Å². The molecule has 0 aromatic heterocycles. The average Bonchev–Trinajstić information content (AvgIpc) is 3.11. The predicted molar refractivity (Wildman–Crippen MR) is 72.0 cm³/mol. The summed E-state index contributed by atoms with van der Waals surface area (Å²) in [5, 5.41) is 3.46. The normalized spacial score (nSPS) is 17.4. The Morgan fingerprint density at radius 3 is 2.94 bits per heavy atom. The van der Waals surface area contributed by atoms with Crippen molar-refractivity contribution in [2.24, 2.45) is 5.92 Å². The lowest BCUT2D eigenvalue weighted by molar-refractivity contribution is 0.597. The van der Waals surface area contributed by atoms with Gasteiger partial charge in [0.25, 0.3) is 0 Å². The van der Waals surface area contributed by atoms with Gasteiger partial charge in [0.2, 0.25) is 0 Å². The standard InChI is InChI=1S/C14H21NS/c1-3-15-11(2)13-5-4-6-14(9-13)16-10-12-7-8-12/h4-6,9,11-12,15H,3,7-8,10H2,1-2H3. The number of rotatable bonds is 6. The van der Waals surface area contributed by atoms with Gasteiger partial charge in [-0.2, -0.15) is 0 Å². The predicted octanol–water partition coefficient (Wildman–Crippen LogP) is 3.86. The van der Waals surface area contributed by atoms with Crippen LogP contribution in [-0.2, 0) is 0 Å². The van der Waals surface area contributed by atoms with Crippen molar-refractivity contribution in [3.63, 3.8) is 0 Å². The molecule has 0 saturated heterocycles. The summed E-state index contributed by atoms with van der Waals surface area (Å²) in [7, 11) is 0. The highest BCUT2D eigenvalue weighted by atomic mass is 32.2. The molecule has 1 aromatic carbocycles. The van der Waals surface area contributed by atoms with E-state index in [0.717, 1.165) is 12.5 Å². The number of hydrogen-bond acceptors (Lipinski definition) is 2. The lowest BCUT2D eigenvalue weighted by Crippen LogP contribution is -2.17. The molecular formula is C14H21NS. The first kappa shape index (κ1) is 12.0. The molecule has 2 heteroatoms. The fraction of sp³-hybridized carbons (Fsp3) is 0.571. The van der Waals surface area contributed by atoms with Crippen LogP contribution in [0.4, 0.5) is 0 Å². The Bertz CT molecular complexity index is 333. The van der Waals surface area contributed by atoms with Crippen molar-refractivity contribution in [2.75, 3.05) is 12.3 Å². The number of thioether (sulfide) groups is 1. The lowest BCUT2D eigenvalue weighted by Gasteiger charge is -2.13. The zero-order valence-electron chi connectivity index (χ0n) is 10.2. The molecule has 2 rings (SSSR count). The molecule has 0 radical (unpaired) electrons. The maximum Gasteiger partial charge on any atom is 0.0292 e. The van der Waals surface area contributed by atoms with Gasteiger partial charge in [0, 0.05) is 16.7 Å². The van der Waals surface area contributed by atoms with Crippen molar-refractivity contribution in [3.8, 4) is 0 Å². The quantitative estimate of drug-likeness (QED) is 0.751. The molecule has 0 aliphatic heterocycles. The first-order valence-corrected chi connectivity index (χ1v) is 7.24. The van der Waals surface area contributed by atoms with Crippen LogP contribution in [0.2, 0.25) is 0 Å². The third-order valence-electron chi connectivity index (χ3n) is 3.05. The van der Waals surface area contributed by atoms with E-state index in [1.54, 1.807) is 0 Å². The lowest BCUT2D eigenvalue weighted by atomic mass is 10.1. The summed E-state index contributed by atoms with van der Waals surface area (Å²) in [5.41, 5.74) is 1.41. The van der Waals surface area contributed by atoms with Crippen LogP contribution in [0.1, 0.15) is 38.3 Å². The molecule has 1 fully saturated rings. The van der Waals surface area contributed by atoms with E-state index in [2.05, 4.69) is 43.4 Å². The molecule has 1 aliphatic rings. The molecule has 1 saturated carbocycles. The van der Waals surface area contributed by atoms with Crippen molar-refractivity contribution in [1.29, 1.82) is 0 Å².